The van der Waals surface area contributed by atoms with Crippen LogP contribution in [0.3, 0.4) is 0 Å². The van der Waals surface area contributed by atoms with E-state index in [-0.39, 0.29) is 12.5 Å². The van der Waals surface area contributed by atoms with Crippen molar-refractivity contribution in [2.24, 2.45) is 5.10 Å². The highest BCUT2D eigenvalue weighted by atomic mass is 79.9. The van der Waals surface area contributed by atoms with Gasteiger partial charge in [0, 0.05) is 5.69 Å². The zero-order valence-electron chi connectivity index (χ0n) is 15.7. The molecule has 27 heavy (non-hydrogen) atoms. The smallest absolute Gasteiger partial charge is 0.259 e. The zero-order chi connectivity index (χ0) is 19.6. The molecule has 0 aliphatic heterocycles. The fourth-order valence-corrected chi connectivity index (χ4v) is 2.86. The second kappa shape index (κ2) is 10.6. The molecule has 0 saturated heterocycles. The molecule has 0 heterocycles. The number of nitrogens with one attached hydrogen (secondary N) is 2. The minimum atomic E-state index is -0.234. The van der Waals surface area contributed by atoms with Gasteiger partial charge in [0.25, 0.3) is 5.91 Å². The van der Waals surface area contributed by atoms with Gasteiger partial charge in [-0.3, -0.25) is 4.79 Å². The van der Waals surface area contributed by atoms with Gasteiger partial charge in [0.2, 0.25) is 0 Å². The number of benzene rings is 2. The number of anilines is 1. The van der Waals surface area contributed by atoms with E-state index in [0.717, 1.165) is 15.7 Å². The summed E-state index contributed by atoms with van der Waals surface area (Å²) in [6.07, 6.45) is 1.56. The molecule has 0 spiro atoms. The number of carbonyl (C=O) groups is 1. The van der Waals surface area contributed by atoms with Crippen LogP contribution in [-0.4, -0.2) is 31.9 Å². The molecule has 2 aromatic rings. The molecule has 0 aromatic heterocycles. The van der Waals surface area contributed by atoms with Gasteiger partial charge < -0.3 is 14.8 Å². The van der Waals surface area contributed by atoms with Crippen LogP contribution < -0.4 is 20.2 Å². The van der Waals surface area contributed by atoms with Gasteiger partial charge in [-0.2, -0.15) is 5.10 Å². The first-order chi connectivity index (χ1) is 13.0. The Balaban J connectivity index is 1.94. The topological polar surface area (TPSA) is 72.0 Å². The monoisotopic (exact) mass is 433 g/mol. The maximum Gasteiger partial charge on any atom is 0.259 e. The van der Waals surface area contributed by atoms with Gasteiger partial charge in [0.05, 0.1) is 30.4 Å². The lowest BCUT2D eigenvalue weighted by Crippen LogP contribution is -2.25. The van der Waals surface area contributed by atoms with Gasteiger partial charge in [-0.1, -0.05) is 17.7 Å². The minimum Gasteiger partial charge on any atom is -0.490 e. The second-order valence-corrected chi connectivity index (χ2v) is 6.56. The van der Waals surface area contributed by atoms with Gasteiger partial charge >= 0.3 is 0 Å². The van der Waals surface area contributed by atoms with Crippen LogP contribution in [-0.2, 0) is 4.79 Å². The van der Waals surface area contributed by atoms with Crippen LogP contribution in [0.1, 0.15) is 25.0 Å². The fraction of sp³-hybridized carbons (Fsp3) is 0.300. The third-order valence-corrected chi connectivity index (χ3v) is 4.12. The summed E-state index contributed by atoms with van der Waals surface area (Å²) in [6, 6.07) is 11.5. The van der Waals surface area contributed by atoms with Crippen LogP contribution in [0.15, 0.2) is 46.0 Å². The summed E-state index contributed by atoms with van der Waals surface area (Å²) in [7, 11) is 0. The minimum absolute atomic E-state index is 0.136. The highest BCUT2D eigenvalue weighted by molar-refractivity contribution is 9.10. The summed E-state index contributed by atoms with van der Waals surface area (Å²) in [5.74, 6) is 1.05. The number of ether oxygens (including phenoxy) is 2. The first kappa shape index (κ1) is 20.8. The zero-order valence-corrected chi connectivity index (χ0v) is 17.3. The van der Waals surface area contributed by atoms with E-state index in [9.17, 15) is 4.79 Å². The maximum atomic E-state index is 11.9. The number of aryl methyl sites for hydroxylation is 1. The lowest BCUT2D eigenvalue weighted by atomic mass is 10.2. The van der Waals surface area contributed by atoms with Crippen molar-refractivity contribution in [2.75, 3.05) is 25.1 Å². The molecule has 1 amide bonds. The first-order valence-electron chi connectivity index (χ1n) is 8.75. The van der Waals surface area contributed by atoms with Crippen LogP contribution in [0.4, 0.5) is 5.69 Å². The molecule has 0 atom stereocenters. The molecule has 144 valence electrons. The van der Waals surface area contributed by atoms with E-state index in [0.29, 0.717) is 24.7 Å². The molecular formula is C20H24BrN3O3. The number of halogens is 1. The molecular weight excluding hydrogens is 410 g/mol. The van der Waals surface area contributed by atoms with Crippen molar-refractivity contribution < 1.29 is 14.3 Å². The van der Waals surface area contributed by atoms with Crippen molar-refractivity contribution in [1.82, 2.24) is 5.43 Å². The molecule has 6 nitrogen and oxygen atoms in total. The second-order valence-electron chi connectivity index (χ2n) is 5.71. The van der Waals surface area contributed by atoms with E-state index in [1.165, 1.54) is 5.56 Å². The van der Waals surface area contributed by atoms with Gasteiger partial charge in [0.1, 0.15) is 0 Å². The molecule has 0 fully saturated rings. The van der Waals surface area contributed by atoms with E-state index in [2.05, 4.69) is 31.8 Å². The number of hydrogen-bond donors (Lipinski definition) is 2. The van der Waals surface area contributed by atoms with Crippen LogP contribution in [0, 0.1) is 6.92 Å². The standard InChI is InChI=1S/C20H24BrN3O3/c1-4-26-18-11-15(10-17(21)20(18)27-5-2)12-23-24-19(25)13-22-16-8-6-14(3)7-9-16/h6-12,22H,4-5,13H2,1-3H3,(H,24,25)/b23-12-. The Bertz CT molecular complexity index is 792. The SMILES string of the molecule is CCOc1cc(/C=N\NC(=O)CNc2ccc(C)cc2)cc(Br)c1OCC. The Morgan fingerprint density at radius 2 is 1.85 bits per heavy atom. The summed E-state index contributed by atoms with van der Waals surface area (Å²) in [5.41, 5.74) is 5.34. The highest BCUT2D eigenvalue weighted by Gasteiger charge is 2.11. The normalized spacial score (nSPS) is 10.7. The average molecular weight is 434 g/mol. The molecule has 0 saturated carbocycles. The first-order valence-corrected chi connectivity index (χ1v) is 9.54. The Kier molecular flexibility index (Phi) is 8.13. The summed E-state index contributed by atoms with van der Waals surface area (Å²) in [6.45, 7) is 7.03. The predicted molar refractivity (Wildman–Crippen MR) is 112 cm³/mol. The summed E-state index contributed by atoms with van der Waals surface area (Å²) >= 11 is 3.48. The molecule has 2 aromatic carbocycles. The Hall–Kier alpha value is -2.54. The number of nitrogens with zero attached hydrogens (tertiary/aromatic N) is 1. The Labute approximate surface area is 168 Å². The molecule has 0 unspecified atom stereocenters. The number of hydrazone groups is 1. The number of hydrogen-bond acceptors (Lipinski definition) is 5. The third-order valence-electron chi connectivity index (χ3n) is 3.53. The van der Waals surface area contributed by atoms with Crippen LogP contribution in [0.25, 0.3) is 0 Å². The Morgan fingerprint density at radius 1 is 1.15 bits per heavy atom. The molecule has 0 bridgehead atoms. The van der Waals surface area contributed by atoms with Crippen molar-refractivity contribution in [2.45, 2.75) is 20.8 Å². The lowest BCUT2D eigenvalue weighted by Gasteiger charge is -2.13. The van der Waals surface area contributed by atoms with E-state index in [1.54, 1.807) is 6.21 Å². The van der Waals surface area contributed by atoms with Gasteiger partial charge in [-0.05, 0) is 66.5 Å². The van der Waals surface area contributed by atoms with Crippen molar-refractivity contribution in [1.29, 1.82) is 0 Å². The lowest BCUT2D eigenvalue weighted by molar-refractivity contribution is -0.119. The number of rotatable bonds is 9. The maximum absolute atomic E-state index is 11.9. The Morgan fingerprint density at radius 3 is 2.52 bits per heavy atom. The summed E-state index contributed by atoms with van der Waals surface area (Å²) in [4.78, 5) is 11.9. The highest BCUT2D eigenvalue weighted by Crippen LogP contribution is 2.36. The van der Waals surface area contributed by atoms with Crippen molar-refractivity contribution >= 4 is 33.7 Å². The fourth-order valence-electron chi connectivity index (χ4n) is 2.28. The van der Waals surface area contributed by atoms with Gasteiger partial charge in [0.15, 0.2) is 11.5 Å². The van der Waals surface area contributed by atoms with Crippen LogP contribution >= 0.6 is 15.9 Å². The van der Waals surface area contributed by atoms with E-state index in [1.807, 2.05) is 57.2 Å². The molecule has 0 radical (unpaired) electrons. The van der Waals surface area contributed by atoms with Crippen molar-refractivity contribution in [3.05, 3.63) is 52.0 Å². The van der Waals surface area contributed by atoms with Gasteiger partial charge in [-0.15, -0.1) is 0 Å². The van der Waals surface area contributed by atoms with Crippen LogP contribution in [0.5, 0.6) is 11.5 Å². The summed E-state index contributed by atoms with van der Waals surface area (Å²) < 4.78 is 12.0. The molecule has 0 aliphatic rings. The molecule has 2 rings (SSSR count). The van der Waals surface area contributed by atoms with E-state index in [4.69, 9.17) is 9.47 Å². The quantitative estimate of drug-likeness (QED) is 0.460. The van der Waals surface area contributed by atoms with Gasteiger partial charge in [-0.25, -0.2) is 5.43 Å². The largest absolute Gasteiger partial charge is 0.490 e. The average Bonchev–Trinajstić information content (AvgIpc) is 2.64. The van der Waals surface area contributed by atoms with E-state index < -0.39 is 0 Å². The molecule has 2 N–H and O–H groups in total. The van der Waals surface area contributed by atoms with Crippen molar-refractivity contribution in [3.8, 4) is 11.5 Å². The van der Waals surface area contributed by atoms with Crippen molar-refractivity contribution in [3.63, 3.8) is 0 Å². The predicted octanol–water partition coefficient (Wildman–Crippen LogP) is 4.12. The molecule has 0 aliphatic carbocycles. The molecule has 7 heteroatoms. The number of carbonyl (C=O) groups excluding carboxylic acids is 1. The van der Waals surface area contributed by atoms with E-state index >= 15 is 0 Å². The van der Waals surface area contributed by atoms with Crippen LogP contribution in [0.2, 0.25) is 0 Å². The summed E-state index contributed by atoms with van der Waals surface area (Å²) in [5, 5.41) is 7.05. The number of amides is 1. The third kappa shape index (κ3) is 6.60.